The Morgan fingerprint density at radius 1 is 1.40 bits per heavy atom. The molecule has 2 rings (SSSR count). The maximum Gasteiger partial charge on any atom is 0.325 e. The van der Waals surface area contributed by atoms with Crippen LogP contribution in [0, 0.1) is 11.3 Å². The van der Waals surface area contributed by atoms with Gasteiger partial charge in [0.25, 0.3) is 5.91 Å². The van der Waals surface area contributed by atoms with Gasteiger partial charge < -0.3 is 4.90 Å². The van der Waals surface area contributed by atoms with Gasteiger partial charge in [0, 0.05) is 6.26 Å². The van der Waals surface area contributed by atoms with Gasteiger partial charge in [0.2, 0.25) is 0 Å². The first-order valence-corrected chi connectivity index (χ1v) is 7.54. The maximum atomic E-state index is 11.9. The number of sulfone groups is 1. The fraction of sp³-hybridized carbons (Fsp3) is 0.250. The van der Waals surface area contributed by atoms with E-state index in [0.29, 0.717) is 0 Å². The molecule has 0 aromatic heterocycles. The van der Waals surface area contributed by atoms with E-state index >= 15 is 0 Å². The van der Waals surface area contributed by atoms with Crippen LogP contribution < -0.4 is 5.32 Å². The highest BCUT2D eigenvalue weighted by atomic mass is 32.2. The lowest BCUT2D eigenvalue weighted by Crippen LogP contribution is -2.35. The Labute approximate surface area is 115 Å². The van der Waals surface area contributed by atoms with Crippen LogP contribution in [0.2, 0.25) is 0 Å². The van der Waals surface area contributed by atoms with Crippen molar-refractivity contribution < 1.29 is 18.0 Å². The van der Waals surface area contributed by atoms with Gasteiger partial charge in [0.15, 0.2) is 9.84 Å². The van der Waals surface area contributed by atoms with Gasteiger partial charge >= 0.3 is 6.03 Å². The second kappa shape index (κ2) is 4.94. The number of benzene rings is 1. The average Bonchev–Trinajstić information content (AvgIpc) is 3.17. The molecule has 0 saturated carbocycles. The van der Waals surface area contributed by atoms with Gasteiger partial charge in [0.05, 0.1) is 23.1 Å². The number of nitrogens with zero attached hydrogens (tertiary/aromatic N) is 2. The first kappa shape index (κ1) is 14.0. The molecule has 1 aromatic rings. The van der Waals surface area contributed by atoms with Crippen molar-refractivity contribution in [2.45, 2.75) is 10.9 Å². The number of hydrogen-bond acceptors (Lipinski definition) is 5. The monoisotopic (exact) mass is 293 g/mol. The molecule has 1 aromatic carbocycles. The minimum absolute atomic E-state index is 0.0984. The fourth-order valence-corrected chi connectivity index (χ4v) is 2.57. The molecular formula is C12H11N3O4S. The zero-order chi connectivity index (χ0) is 14.9. The van der Waals surface area contributed by atoms with Crippen molar-refractivity contribution in [1.29, 1.82) is 5.26 Å². The van der Waals surface area contributed by atoms with E-state index in [0.717, 1.165) is 6.26 Å². The van der Waals surface area contributed by atoms with E-state index in [4.69, 9.17) is 5.26 Å². The van der Waals surface area contributed by atoms with Crippen molar-refractivity contribution in [3.05, 3.63) is 29.8 Å². The molecule has 1 saturated heterocycles. The zero-order valence-corrected chi connectivity index (χ0v) is 11.3. The summed E-state index contributed by atoms with van der Waals surface area (Å²) in [6.07, 6.45) is 0.983. The summed E-state index contributed by atoms with van der Waals surface area (Å²) in [4.78, 5) is 24.6. The number of rotatable bonds is 2. The molecule has 1 heterocycles. The molecule has 3 amide bonds. The third-order valence-corrected chi connectivity index (χ3v) is 3.93. The van der Waals surface area contributed by atoms with E-state index in [1.54, 1.807) is 0 Å². The van der Waals surface area contributed by atoms with Gasteiger partial charge in [-0.3, -0.25) is 10.1 Å². The van der Waals surface area contributed by atoms with Crippen LogP contribution in [0.4, 0.5) is 4.79 Å². The lowest BCUT2D eigenvalue weighted by molar-refractivity contribution is 0.0957. The summed E-state index contributed by atoms with van der Waals surface area (Å²) in [5.74, 6) is -0.806. The van der Waals surface area contributed by atoms with Crippen molar-refractivity contribution in [3.63, 3.8) is 0 Å². The van der Waals surface area contributed by atoms with Crippen molar-refractivity contribution >= 4 is 21.8 Å². The number of amides is 3. The fourth-order valence-electron chi connectivity index (χ4n) is 1.69. The Morgan fingerprint density at radius 3 is 2.60 bits per heavy atom. The lowest BCUT2D eigenvalue weighted by Gasteiger charge is -2.08. The SMILES string of the molecule is CS(=O)(=O)c1ccccc1C(=O)NC(=O)N1CC1C#N. The lowest BCUT2D eigenvalue weighted by atomic mass is 10.2. The zero-order valence-electron chi connectivity index (χ0n) is 10.5. The van der Waals surface area contributed by atoms with E-state index in [9.17, 15) is 18.0 Å². The van der Waals surface area contributed by atoms with Crippen molar-refractivity contribution in [3.8, 4) is 6.07 Å². The molecular weight excluding hydrogens is 282 g/mol. The largest absolute Gasteiger partial charge is 0.325 e. The number of imide groups is 1. The van der Waals surface area contributed by atoms with Crippen LogP contribution in [0.1, 0.15) is 10.4 Å². The summed E-state index contributed by atoms with van der Waals surface area (Å²) >= 11 is 0. The second-order valence-corrected chi connectivity index (χ2v) is 6.31. The number of carbonyl (C=O) groups excluding carboxylic acids is 2. The Bertz CT molecular complexity index is 720. The molecule has 1 aliphatic rings. The van der Waals surface area contributed by atoms with Crippen LogP contribution in [-0.4, -0.2) is 44.1 Å². The predicted molar refractivity (Wildman–Crippen MR) is 68.5 cm³/mol. The van der Waals surface area contributed by atoms with Gasteiger partial charge in [-0.05, 0) is 12.1 Å². The predicted octanol–water partition coefficient (Wildman–Crippen LogP) is 0.148. The summed E-state index contributed by atoms with van der Waals surface area (Å²) < 4.78 is 23.1. The molecule has 0 aliphatic carbocycles. The maximum absolute atomic E-state index is 11.9. The normalized spacial score (nSPS) is 17.2. The molecule has 7 nitrogen and oxygen atoms in total. The highest BCUT2D eigenvalue weighted by Crippen LogP contribution is 2.18. The van der Waals surface area contributed by atoms with Crippen LogP contribution in [0.15, 0.2) is 29.2 Å². The molecule has 104 valence electrons. The molecule has 0 bridgehead atoms. The van der Waals surface area contributed by atoms with Gasteiger partial charge in [-0.25, -0.2) is 13.2 Å². The van der Waals surface area contributed by atoms with E-state index in [1.165, 1.54) is 29.2 Å². The van der Waals surface area contributed by atoms with Crippen LogP contribution in [0.3, 0.4) is 0 Å². The van der Waals surface area contributed by atoms with Gasteiger partial charge in [-0.2, -0.15) is 5.26 Å². The standard InChI is InChI=1S/C12H11N3O4S/c1-20(18,19)10-5-3-2-4-9(10)11(16)14-12(17)15-7-8(15)6-13/h2-5,8H,7H2,1H3,(H,14,16,17). The molecule has 20 heavy (non-hydrogen) atoms. The highest BCUT2D eigenvalue weighted by molar-refractivity contribution is 7.90. The molecule has 1 aliphatic heterocycles. The van der Waals surface area contributed by atoms with Crippen LogP contribution >= 0.6 is 0 Å². The number of nitrogens with one attached hydrogen (secondary N) is 1. The van der Waals surface area contributed by atoms with Crippen LogP contribution in [0.25, 0.3) is 0 Å². The molecule has 0 radical (unpaired) electrons. The molecule has 1 N–H and O–H groups in total. The topological polar surface area (TPSA) is 107 Å². The molecule has 8 heteroatoms. The van der Waals surface area contributed by atoms with Crippen molar-refractivity contribution in [2.75, 3.05) is 12.8 Å². The first-order valence-electron chi connectivity index (χ1n) is 5.65. The van der Waals surface area contributed by atoms with Crippen molar-refractivity contribution in [1.82, 2.24) is 10.2 Å². The van der Waals surface area contributed by atoms with Gasteiger partial charge in [0.1, 0.15) is 6.04 Å². The summed E-state index contributed by atoms with van der Waals surface area (Å²) in [7, 11) is -3.57. The van der Waals surface area contributed by atoms with Gasteiger partial charge in [-0.1, -0.05) is 12.1 Å². The quantitative estimate of drug-likeness (QED) is 0.781. The summed E-state index contributed by atoms with van der Waals surface area (Å²) in [5, 5.41) is 10.7. The van der Waals surface area contributed by atoms with Crippen LogP contribution in [0.5, 0.6) is 0 Å². The van der Waals surface area contributed by atoms with Gasteiger partial charge in [-0.15, -0.1) is 0 Å². The Morgan fingerprint density at radius 2 is 2.05 bits per heavy atom. The Balaban J connectivity index is 2.19. The van der Waals surface area contributed by atoms with Crippen LogP contribution in [-0.2, 0) is 9.84 Å². The number of hydrogen-bond donors (Lipinski definition) is 1. The first-order chi connectivity index (χ1) is 9.34. The number of urea groups is 1. The molecule has 1 atom stereocenters. The average molecular weight is 293 g/mol. The minimum atomic E-state index is -3.57. The van der Waals surface area contributed by atoms with E-state index in [2.05, 4.69) is 5.32 Å². The summed E-state index contributed by atoms with van der Waals surface area (Å²) in [6.45, 7) is 0.267. The van der Waals surface area contributed by atoms with Crippen molar-refractivity contribution in [2.24, 2.45) is 0 Å². The molecule has 0 spiro atoms. The van der Waals surface area contributed by atoms with E-state index in [1.807, 2.05) is 6.07 Å². The summed E-state index contributed by atoms with van der Waals surface area (Å²) in [5.41, 5.74) is -0.0984. The minimum Gasteiger partial charge on any atom is -0.303 e. The number of carbonyl (C=O) groups is 2. The second-order valence-electron chi connectivity index (χ2n) is 4.32. The third-order valence-electron chi connectivity index (χ3n) is 2.77. The Kier molecular flexibility index (Phi) is 3.46. The highest BCUT2D eigenvalue weighted by Gasteiger charge is 2.39. The van der Waals surface area contributed by atoms with E-state index in [-0.39, 0.29) is 17.0 Å². The molecule has 1 fully saturated rings. The Hall–Kier alpha value is -2.40. The number of nitriles is 1. The van der Waals surface area contributed by atoms with E-state index < -0.39 is 27.8 Å². The summed E-state index contributed by atoms with van der Waals surface area (Å²) in [6, 6.07) is 6.27. The smallest absolute Gasteiger partial charge is 0.303 e. The third kappa shape index (κ3) is 2.78. The molecule has 1 unspecified atom stereocenters.